The average molecular weight is 697 g/mol. The molecule has 0 radical (unpaired) electrons. The summed E-state index contributed by atoms with van der Waals surface area (Å²) in [6.45, 7) is 13.3. The molecule has 2 saturated heterocycles. The van der Waals surface area contributed by atoms with E-state index in [1.807, 2.05) is 4.90 Å². The van der Waals surface area contributed by atoms with Gasteiger partial charge >= 0.3 is 6.01 Å². The third-order valence-corrected chi connectivity index (χ3v) is 10.4. The highest BCUT2D eigenvalue weighted by molar-refractivity contribution is 6.03. The molecule has 2 N–H and O–H groups in total. The number of hydrogen-bond acceptors (Lipinski definition) is 9. The average Bonchev–Trinajstić information content (AvgIpc) is 3.90. The Morgan fingerprint density at radius 3 is 2.71 bits per heavy atom. The maximum absolute atomic E-state index is 17.0. The van der Waals surface area contributed by atoms with Crippen LogP contribution in [0.15, 0.2) is 43.1 Å². The molecule has 1 amide bonds. The predicted octanol–water partition coefficient (Wildman–Crippen LogP) is 5.60. The van der Waals surface area contributed by atoms with Crippen molar-refractivity contribution in [2.45, 2.75) is 45.6 Å². The summed E-state index contributed by atoms with van der Waals surface area (Å²) < 4.78 is 43.8. The Bertz CT molecular complexity index is 2050. The predicted molar refractivity (Wildman–Crippen MR) is 192 cm³/mol. The number of anilines is 1. The number of fused-ring (bicyclic) bond motifs is 2. The number of amides is 1. The Hall–Kier alpha value is -4.86. The van der Waals surface area contributed by atoms with E-state index in [-0.39, 0.29) is 62.3 Å². The molecule has 0 spiro atoms. The third kappa shape index (κ3) is 7.18. The number of terminal acetylenes is 1. The van der Waals surface area contributed by atoms with Gasteiger partial charge in [0, 0.05) is 61.3 Å². The number of rotatable bonds is 9. The fourth-order valence-electron chi connectivity index (χ4n) is 7.42. The second-order valence-corrected chi connectivity index (χ2v) is 14.8. The minimum atomic E-state index is -0.791. The van der Waals surface area contributed by atoms with Gasteiger partial charge in [0.15, 0.2) is 5.82 Å². The van der Waals surface area contributed by atoms with E-state index >= 15 is 4.39 Å². The number of hydrogen-bond donors (Lipinski definition) is 2. The van der Waals surface area contributed by atoms with Crippen LogP contribution in [-0.2, 0) is 9.53 Å². The van der Waals surface area contributed by atoms with Crippen LogP contribution in [0.2, 0.25) is 0 Å². The largest absolute Gasteiger partial charge is 0.508 e. The van der Waals surface area contributed by atoms with Gasteiger partial charge in [-0.2, -0.15) is 9.97 Å². The molecule has 12 heteroatoms. The molecule has 10 nitrogen and oxygen atoms in total. The summed E-state index contributed by atoms with van der Waals surface area (Å²) >= 11 is 0. The number of pyridine rings is 1. The molecule has 2 aliphatic heterocycles. The molecule has 7 rings (SSSR count). The molecule has 51 heavy (non-hydrogen) atoms. The number of morpholine rings is 1. The summed E-state index contributed by atoms with van der Waals surface area (Å²) in [4.78, 5) is 30.9. The Labute approximate surface area is 295 Å². The van der Waals surface area contributed by atoms with Gasteiger partial charge in [-0.25, -0.2) is 8.78 Å². The summed E-state index contributed by atoms with van der Waals surface area (Å²) in [6, 6.07) is 5.24. The zero-order chi connectivity index (χ0) is 35.9. The molecule has 266 valence electrons. The SMILES string of the molecule is C#Cc1c(F)ccc2cc(O)cc(-c3ncc4c(N5CCC(C)(C)C[C@@H](NC(=O)C=C)C5)nc(OCC5(CN6CCOCC6)CC5)nc4c3F)c12. The molecule has 1 aliphatic carbocycles. The number of phenols is 1. The van der Waals surface area contributed by atoms with Crippen molar-refractivity contribution >= 4 is 33.4 Å². The number of carbonyl (C=O) groups is 1. The van der Waals surface area contributed by atoms with Crippen molar-refractivity contribution in [1.29, 1.82) is 0 Å². The van der Waals surface area contributed by atoms with E-state index in [4.69, 9.17) is 20.9 Å². The van der Waals surface area contributed by atoms with Crippen LogP contribution in [0, 0.1) is 34.8 Å². The molecule has 3 aliphatic rings. The van der Waals surface area contributed by atoms with Crippen LogP contribution in [0.25, 0.3) is 32.9 Å². The van der Waals surface area contributed by atoms with Crippen molar-refractivity contribution in [3.8, 4) is 35.4 Å². The topological polar surface area (TPSA) is 113 Å². The Kier molecular flexibility index (Phi) is 9.29. The van der Waals surface area contributed by atoms with Crippen LogP contribution in [0.3, 0.4) is 0 Å². The molecule has 4 heterocycles. The highest BCUT2D eigenvalue weighted by Gasteiger charge is 2.45. The third-order valence-electron chi connectivity index (χ3n) is 10.4. The lowest BCUT2D eigenvalue weighted by molar-refractivity contribution is -0.117. The number of aromatic hydroxyl groups is 1. The zero-order valence-corrected chi connectivity index (χ0v) is 29.0. The molecular weight excluding hydrogens is 654 g/mol. The summed E-state index contributed by atoms with van der Waals surface area (Å²) in [5.41, 5.74) is -0.286. The van der Waals surface area contributed by atoms with Crippen molar-refractivity contribution in [3.05, 3.63) is 60.3 Å². The Morgan fingerprint density at radius 1 is 1.20 bits per heavy atom. The molecular formula is C39H42F2N6O4. The van der Waals surface area contributed by atoms with E-state index in [0.717, 1.165) is 45.3 Å². The van der Waals surface area contributed by atoms with Crippen molar-refractivity contribution in [3.63, 3.8) is 0 Å². The van der Waals surface area contributed by atoms with Gasteiger partial charge < -0.3 is 24.8 Å². The minimum Gasteiger partial charge on any atom is -0.508 e. The number of halogens is 2. The van der Waals surface area contributed by atoms with E-state index < -0.39 is 11.6 Å². The second kappa shape index (κ2) is 13.7. The van der Waals surface area contributed by atoms with Crippen LogP contribution in [0.1, 0.15) is 45.1 Å². The number of benzene rings is 2. The van der Waals surface area contributed by atoms with Gasteiger partial charge in [0.05, 0.1) is 30.8 Å². The number of nitrogens with zero attached hydrogens (tertiary/aromatic N) is 5. The molecule has 0 unspecified atom stereocenters. The summed E-state index contributed by atoms with van der Waals surface area (Å²) in [6.07, 6.45) is 12.0. The lowest BCUT2D eigenvalue weighted by Gasteiger charge is -2.30. The smallest absolute Gasteiger partial charge is 0.319 e. The normalized spacial score (nSPS) is 20.1. The molecule has 1 atom stereocenters. The molecule has 0 bridgehead atoms. The first-order valence-electron chi connectivity index (χ1n) is 17.4. The lowest BCUT2D eigenvalue weighted by atomic mass is 9.84. The number of phenolic OH excluding ortho intramolecular Hbond substituents is 1. The first-order valence-corrected chi connectivity index (χ1v) is 17.4. The van der Waals surface area contributed by atoms with Crippen molar-refractivity contribution in [2.75, 3.05) is 57.4 Å². The maximum atomic E-state index is 17.0. The highest BCUT2D eigenvalue weighted by Crippen LogP contribution is 2.47. The molecule has 3 fully saturated rings. The highest BCUT2D eigenvalue weighted by atomic mass is 19.1. The van der Waals surface area contributed by atoms with E-state index in [9.17, 15) is 14.3 Å². The van der Waals surface area contributed by atoms with Gasteiger partial charge in [0.2, 0.25) is 5.91 Å². The lowest BCUT2D eigenvalue weighted by Crippen LogP contribution is -2.43. The standard InChI is InChI=1S/C39H42F2N6O4/c1-5-27-30(40)8-7-24-17-26(48)18-28(32(24)27)34-33(41)35-29(20-42-34)36(47-12-11-38(3,4)19-25(21-47)43-31(49)6-2)45-37(44-35)51-23-39(9-10-39)22-46-13-15-50-16-14-46/h1,6-8,17-18,20,25,48H,2,9-16,19,21-23H2,3-4H3,(H,43,49)/t25-/m1/s1. The van der Waals surface area contributed by atoms with Gasteiger partial charge in [0.1, 0.15) is 28.6 Å². The van der Waals surface area contributed by atoms with E-state index in [1.54, 1.807) is 0 Å². The van der Waals surface area contributed by atoms with Crippen LogP contribution in [0.4, 0.5) is 14.6 Å². The summed E-state index contributed by atoms with van der Waals surface area (Å²) in [5, 5.41) is 14.7. The summed E-state index contributed by atoms with van der Waals surface area (Å²) in [7, 11) is 0. The van der Waals surface area contributed by atoms with Crippen LogP contribution < -0.4 is 15.0 Å². The van der Waals surface area contributed by atoms with Crippen molar-refractivity contribution in [1.82, 2.24) is 25.2 Å². The fraction of sp³-hybridized carbons (Fsp3) is 0.436. The summed E-state index contributed by atoms with van der Waals surface area (Å²) in [5.74, 6) is 0.939. The maximum Gasteiger partial charge on any atom is 0.319 e. The second-order valence-electron chi connectivity index (χ2n) is 14.8. The number of nitrogens with one attached hydrogen (secondary N) is 1. The van der Waals surface area contributed by atoms with Crippen LogP contribution in [0.5, 0.6) is 11.8 Å². The Balaban J connectivity index is 1.34. The van der Waals surface area contributed by atoms with E-state index in [1.165, 1.54) is 36.5 Å². The molecule has 4 aromatic rings. The van der Waals surface area contributed by atoms with Crippen molar-refractivity contribution < 1.29 is 28.2 Å². The zero-order valence-electron chi connectivity index (χ0n) is 29.0. The first kappa shape index (κ1) is 34.6. The quantitative estimate of drug-likeness (QED) is 0.171. The fourth-order valence-corrected chi connectivity index (χ4v) is 7.42. The first-order chi connectivity index (χ1) is 24.5. The molecule has 2 aromatic heterocycles. The van der Waals surface area contributed by atoms with Gasteiger partial charge in [0.25, 0.3) is 0 Å². The van der Waals surface area contributed by atoms with Gasteiger partial charge in [-0.15, -0.1) is 6.42 Å². The van der Waals surface area contributed by atoms with Crippen LogP contribution >= 0.6 is 0 Å². The van der Waals surface area contributed by atoms with Gasteiger partial charge in [-0.1, -0.05) is 32.4 Å². The monoisotopic (exact) mass is 696 g/mol. The van der Waals surface area contributed by atoms with Gasteiger partial charge in [-0.05, 0) is 60.8 Å². The number of ether oxygens (including phenoxy) is 2. The number of carbonyl (C=O) groups excluding carboxylic acids is 1. The van der Waals surface area contributed by atoms with Crippen LogP contribution in [-0.4, -0.2) is 89.5 Å². The Morgan fingerprint density at radius 2 is 1.98 bits per heavy atom. The minimum absolute atomic E-state index is 0.0214. The molecule has 1 saturated carbocycles. The van der Waals surface area contributed by atoms with Crippen molar-refractivity contribution in [2.24, 2.45) is 10.8 Å². The molecule has 2 aromatic carbocycles. The van der Waals surface area contributed by atoms with Gasteiger partial charge in [-0.3, -0.25) is 14.7 Å². The number of aromatic nitrogens is 3. The van der Waals surface area contributed by atoms with E-state index in [2.05, 4.69) is 46.5 Å². The van der Waals surface area contributed by atoms with E-state index in [0.29, 0.717) is 49.5 Å².